The fourth-order valence-electron chi connectivity index (χ4n) is 3.05. The third-order valence-electron chi connectivity index (χ3n) is 4.46. The number of amides is 2. The summed E-state index contributed by atoms with van der Waals surface area (Å²) in [5, 5.41) is 4.64. The fourth-order valence-corrected chi connectivity index (χ4v) is 3.83. The van der Waals surface area contributed by atoms with Gasteiger partial charge in [0.05, 0.1) is 24.9 Å². The fraction of sp³-hybridized carbons (Fsp3) is 0.476. The summed E-state index contributed by atoms with van der Waals surface area (Å²) in [5.74, 6) is -0.636. The molecule has 1 aromatic carbocycles. The molecule has 2 heterocycles. The Morgan fingerprint density at radius 2 is 2.17 bits per heavy atom. The molecular weight excluding hydrogens is 409 g/mol. The van der Waals surface area contributed by atoms with Crippen molar-refractivity contribution in [2.24, 2.45) is 0 Å². The van der Waals surface area contributed by atoms with Crippen molar-refractivity contribution in [2.75, 3.05) is 26.3 Å². The lowest BCUT2D eigenvalue weighted by Gasteiger charge is -2.35. The van der Waals surface area contributed by atoms with Gasteiger partial charge in [-0.2, -0.15) is 0 Å². The highest BCUT2D eigenvalue weighted by atomic mass is 32.1. The smallest absolute Gasteiger partial charge is 0.407 e. The third-order valence-corrected chi connectivity index (χ3v) is 5.29. The zero-order chi connectivity index (χ0) is 21.9. The van der Waals surface area contributed by atoms with E-state index in [1.165, 1.54) is 17.4 Å². The van der Waals surface area contributed by atoms with Gasteiger partial charge in [-0.1, -0.05) is 6.07 Å². The number of aryl methyl sites for hydroxylation is 1. The van der Waals surface area contributed by atoms with Crippen LogP contribution in [0.2, 0.25) is 0 Å². The number of halogens is 1. The number of morpholine rings is 1. The molecule has 0 saturated carbocycles. The molecule has 1 aliphatic heterocycles. The van der Waals surface area contributed by atoms with E-state index in [0.717, 1.165) is 5.56 Å². The molecule has 3 rings (SSSR count). The Labute approximate surface area is 179 Å². The minimum atomic E-state index is -0.606. The van der Waals surface area contributed by atoms with E-state index in [1.54, 1.807) is 43.2 Å². The first-order chi connectivity index (χ1) is 14.1. The van der Waals surface area contributed by atoms with Crippen LogP contribution in [0.5, 0.6) is 0 Å². The first kappa shape index (κ1) is 22.2. The normalized spacial score (nSPS) is 17.0. The van der Waals surface area contributed by atoms with Crippen molar-refractivity contribution in [3.63, 3.8) is 0 Å². The summed E-state index contributed by atoms with van der Waals surface area (Å²) < 4.78 is 25.0. The number of thiazole rings is 1. The van der Waals surface area contributed by atoms with Crippen LogP contribution in [0.15, 0.2) is 23.6 Å². The first-order valence-corrected chi connectivity index (χ1v) is 10.6. The summed E-state index contributed by atoms with van der Waals surface area (Å²) in [7, 11) is 0. The van der Waals surface area contributed by atoms with E-state index in [2.05, 4.69) is 10.3 Å². The zero-order valence-electron chi connectivity index (χ0n) is 17.5. The van der Waals surface area contributed by atoms with E-state index in [0.29, 0.717) is 31.0 Å². The number of ether oxygens (including phenoxy) is 2. The van der Waals surface area contributed by atoms with E-state index in [9.17, 15) is 14.0 Å². The van der Waals surface area contributed by atoms with Crippen LogP contribution in [0.1, 0.15) is 36.1 Å². The summed E-state index contributed by atoms with van der Waals surface area (Å²) >= 11 is 1.17. The number of nitrogens with zero attached hydrogens (tertiary/aromatic N) is 2. The molecule has 7 nitrogen and oxygen atoms in total. The Hall–Kier alpha value is -2.52. The van der Waals surface area contributed by atoms with Gasteiger partial charge in [0, 0.05) is 24.0 Å². The van der Waals surface area contributed by atoms with Gasteiger partial charge in [0.1, 0.15) is 11.4 Å². The molecule has 1 saturated heterocycles. The Kier molecular flexibility index (Phi) is 6.72. The summed E-state index contributed by atoms with van der Waals surface area (Å²) in [6.07, 6.45) is -0.549. The Balaban J connectivity index is 1.70. The molecule has 1 aliphatic rings. The van der Waals surface area contributed by atoms with Crippen molar-refractivity contribution in [2.45, 2.75) is 39.3 Å². The number of carbonyl (C=O) groups is 2. The lowest BCUT2D eigenvalue weighted by molar-refractivity contribution is -0.00331. The number of hydrogen-bond acceptors (Lipinski definition) is 6. The lowest BCUT2D eigenvalue weighted by Crippen LogP contribution is -2.53. The summed E-state index contributed by atoms with van der Waals surface area (Å²) in [6.45, 7) is 8.44. The van der Waals surface area contributed by atoms with Gasteiger partial charge in [0.15, 0.2) is 5.01 Å². The molecule has 0 unspecified atom stereocenters. The molecule has 0 bridgehead atoms. The quantitative estimate of drug-likeness (QED) is 0.793. The number of nitrogens with one attached hydrogen (secondary N) is 1. The molecule has 9 heteroatoms. The van der Waals surface area contributed by atoms with Crippen molar-refractivity contribution in [3.05, 3.63) is 40.0 Å². The maximum atomic E-state index is 14.3. The Morgan fingerprint density at radius 1 is 1.40 bits per heavy atom. The maximum Gasteiger partial charge on any atom is 0.407 e. The summed E-state index contributed by atoms with van der Waals surface area (Å²) in [4.78, 5) is 31.0. The second-order valence-corrected chi connectivity index (χ2v) is 8.99. The Bertz CT molecular complexity index is 925. The number of benzene rings is 1. The minimum Gasteiger partial charge on any atom is -0.444 e. The standard InChI is InChI=1S/C21H26FN3O4S/c1-13-5-6-15(16(22)9-13)17-12-30-18(24-17)19(26)25-7-8-28-11-14(25)10-23-20(27)29-21(2,3)4/h5-6,9,12,14H,7-8,10-11H2,1-4H3,(H,23,27)/t14-/m0/s1. The second kappa shape index (κ2) is 9.09. The summed E-state index contributed by atoms with van der Waals surface area (Å²) in [6, 6.07) is 4.56. The third kappa shape index (κ3) is 5.54. The number of alkyl carbamates (subject to hydrolysis) is 1. The second-order valence-electron chi connectivity index (χ2n) is 8.13. The molecule has 0 radical (unpaired) electrons. The van der Waals surface area contributed by atoms with Crippen molar-refractivity contribution >= 4 is 23.3 Å². The number of aromatic nitrogens is 1. The van der Waals surface area contributed by atoms with Crippen LogP contribution in [0.3, 0.4) is 0 Å². The van der Waals surface area contributed by atoms with Gasteiger partial charge >= 0.3 is 6.09 Å². The minimum absolute atomic E-state index is 0.200. The highest BCUT2D eigenvalue weighted by Crippen LogP contribution is 2.26. The predicted octanol–water partition coefficient (Wildman–Crippen LogP) is 3.62. The number of hydrogen-bond donors (Lipinski definition) is 1. The first-order valence-electron chi connectivity index (χ1n) is 9.71. The van der Waals surface area contributed by atoms with Gasteiger partial charge in [0.2, 0.25) is 0 Å². The molecule has 1 N–H and O–H groups in total. The SMILES string of the molecule is Cc1ccc(-c2csc(C(=O)N3CCOC[C@@H]3CNC(=O)OC(C)(C)C)n2)c(F)c1. The van der Waals surface area contributed by atoms with Crippen LogP contribution >= 0.6 is 11.3 Å². The predicted molar refractivity (Wildman–Crippen MR) is 112 cm³/mol. The highest BCUT2D eigenvalue weighted by molar-refractivity contribution is 7.12. The monoisotopic (exact) mass is 435 g/mol. The highest BCUT2D eigenvalue weighted by Gasteiger charge is 2.30. The van der Waals surface area contributed by atoms with Gasteiger partial charge in [-0.05, 0) is 45.4 Å². The summed E-state index contributed by atoms with van der Waals surface area (Å²) in [5.41, 5.74) is 1.00. The van der Waals surface area contributed by atoms with Crippen LogP contribution in [0, 0.1) is 12.7 Å². The number of rotatable bonds is 4. The molecule has 2 aromatic rings. The lowest BCUT2D eigenvalue weighted by atomic mass is 10.1. The zero-order valence-corrected chi connectivity index (χ0v) is 18.3. The Morgan fingerprint density at radius 3 is 2.87 bits per heavy atom. The molecule has 1 fully saturated rings. The van der Waals surface area contributed by atoms with Gasteiger partial charge < -0.3 is 19.7 Å². The number of carbonyl (C=O) groups excluding carboxylic acids is 2. The van der Waals surface area contributed by atoms with Crippen LogP contribution < -0.4 is 5.32 Å². The van der Waals surface area contributed by atoms with Gasteiger partial charge in [-0.15, -0.1) is 11.3 Å². The van der Waals surface area contributed by atoms with Crippen LogP contribution in [-0.4, -0.2) is 59.8 Å². The van der Waals surface area contributed by atoms with Gasteiger partial charge in [-0.25, -0.2) is 14.2 Å². The molecule has 162 valence electrons. The average molecular weight is 436 g/mol. The van der Waals surface area contributed by atoms with Crippen molar-refractivity contribution in [3.8, 4) is 11.3 Å². The van der Waals surface area contributed by atoms with Crippen molar-refractivity contribution in [1.29, 1.82) is 0 Å². The van der Waals surface area contributed by atoms with E-state index in [1.807, 2.05) is 6.92 Å². The van der Waals surface area contributed by atoms with Gasteiger partial charge in [0.25, 0.3) is 5.91 Å². The molecule has 0 spiro atoms. The molecule has 1 aromatic heterocycles. The topological polar surface area (TPSA) is 80.8 Å². The molecule has 1 atom stereocenters. The maximum absolute atomic E-state index is 14.3. The van der Waals surface area contributed by atoms with E-state index in [4.69, 9.17) is 9.47 Å². The van der Waals surface area contributed by atoms with Crippen molar-refractivity contribution < 1.29 is 23.5 Å². The molecule has 2 amide bonds. The van der Waals surface area contributed by atoms with Crippen LogP contribution in [0.4, 0.5) is 9.18 Å². The van der Waals surface area contributed by atoms with E-state index >= 15 is 0 Å². The molecule has 0 aliphatic carbocycles. The largest absolute Gasteiger partial charge is 0.444 e. The van der Waals surface area contributed by atoms with Crippen LogP contribution in [-0.2, 0) is 9.47 Å². The average Bonchev–Trinajstić information content (AvgIpc) is 3.14. The van der Waals surface area contributed by atoms with Crippen LogP contribution in [0.25, 0.3) is 11.3 Å². The molecule has 30 heavy (non-hydrogen) atoms. The molecular formula is C21H26FN3O4S. The van der Waals surface area contributed by atoms with Crippen molar-refractivity contribution in [1.82, 2.24) is 15.2 Å². The van der Waals surface area contributed by atoms with Gasteiger partial charge in [-0.3, -0.25) is 4.79 Å². The van der Waals surface area contributed by atoms with E-state index in [-0.39, 0.29) is 29.3 Å². The van der Waals surface area contributed by atoms with E-state index < -0.39 is 11.7 Å².